The summed E-state index contributed by atoms with van der Waals surface area (Å²) in [5.74, 6) is 0.262. The SMILES string of the molecule is O=C([C@H]1Cc2ccccc2CN1)N1CCCNCC1. The molecule has 1 aromatic rings. The molecule has 1 amide bonds. The van der Waals surface area contributed by atoms with Crippen LogP contribution in [0.2, 0.25) is 0 Å². The van der Waals surface area contributed by atoms with Gasteiger partial charge in [0.05, 0.1) is 6.04 Å². The largest absolute Gasteiger partial charge is 0.340 e. The molecule has 0 aromatic heterocycles. The van der Waals surface area contributed by atoms with Gasteiger partial charge in [-0.05, 0) is 30.5 Å². The van der Waals surface area contributed by atoms with Crippen molar-refractivity contribution < 1.29 is 4.79 Å². The summed E-state index contributed by atoms with van der Waals surface area (Å²) < 4.78 is 0. The lowest BCUT2D eigenvalue weighted by Crippen LogP contribution is -2.50. The summed E-state index contributed by atoms with van der Waals surface area (Å²) in [6, 6.07) is 8.34. The molecule has 4 heteroatoms. The fourth-order valence-electron chi connectivity index (χ4n) is 2.92. The first-order valence-electron chi connectivity index (χ1n) is 7.14. The topological polar surface area (TPSA) is 44.4 Å². The number of amides is 1. The van der Waals surface area contributed by atoms with Crippen molar-refractivity contribution in [2.45, 2.75) is 25.4 Å². The Hall–Kier alpha value is -1.39. The van der Waals surface area contributed by atoms with E-state index < -0.39 is 0 Å². The van der Waals surface area contributed by atoms with Crippen molar-refractivity contribution in [1.82, 2.24) is 15.5 Å². The van der Waals surface area contributed by atoms with Gasteiger partial charge in [0.15, 0.2) is 0 Å². The number of nitrogens with zero attached hydrogens (tertiary/aromatic N) is 1. The van der Waals surface area contributed by atoms with Crippen LogP contribution in [-0.4, -0.2) is 43.0 Å². The standard InChI is InChI=1S/C15H21N3O/c19-15(18-8-3-6-16-7-9-18)14-10-12-4-1-2-5-13(12)11-17-14/h1-2,4-5,14,16-17H,3,6-11H2/t14-/m1/s1. The summed E-state index contributed by atoms with van der Waals surface area (Å²) in [5, 5.41) is 6.72. The molecular formula is C15H21N3O. The first-order chi connectivity index (χ1) is 9.34. The summed E-state index contributed by atoms with van der Waals surface area (Å²) in [6.45, 7) is 4.45. The zero-order valence-corrected chi connectivity index (χ0v) is 11.2. The minimum absolute atomic E-state index is 0.0481. The molecule has 0 unspecified atom stereocenters. The van der Waals surface area contributed by atoms with Crippen molar-refractivity contribution in [3.63, 3.8) is 0 Å². The van der Waals surface area contributed by atoms with E-state index in [-0.39, 0.29) is 11.9 Å². The van der Waals surface area contributed by atoms with Crippen LogP contribution in [0.1, 0.15) is 17.5 Å². The second-order valence-corrected chi connectivity index (χ2v) is 5.34. The summed E-state index contributed by atoms with van der Waals surface area (Å²) in [4.78, 5) is 14.6. The highest BCUT2D eigenvalue weighted by Gasteiger charge is 2.27. The fraction of sp³-hybridized carbons (Fsp3) is 0.533. The number of benzene rings is 1. The molecule has 0 aliphatic carbocycles. The predicted molar refractivity (Wildman–Crippen MR) is 74.8 cm³/mol. The van der Waals surface area contributed by atoms with Crippen LogP contribution in [0.3, 0.4) is 0 Å². The van der Waals surface area contributed by atoms with Crippen molar-refractivity contribution in [3.05, 3.63) is 35.4 Å². The van der Waals surface area contributed by atoms with E-state index in [2.05, 4.69) is 34.9 Å². The maximum atomic E-state index is 12.6. The number of hydrogen-bond acceptors (Lipinski definition) is 3. The molecule has 2 heterocycles. The zero-order chi connectivity index (χ0) is 13.1. The van der Waals surface area contributed by atoms with Gasteiger partial charge in [-0.2, -0.15) is 0 Å². The van der Waals surface area contributed by atoms with Gasteiger partial charge in [-0.25, -0.2) is 0 Å². The maximum absolute atomic E-state index is 12.6. The Morgan fingerprint density at radius 2 is 2.00 bits per heavy atom. The third-order valence-electron chi connectivity index (χ3n) is 4.03. The van der Waals surface area contributed by atoms with Gasteiger partial charge in [0, 0.05) is 26.2 Å². The number of carbonyl (C=O) groups excluding carboxylic acids is 1. The summed E-state index contributed by atoms with van der Waals surface area (Å²) in [5.41, 5.74) is 2.64. The highest BCUT2D eigenvalue weighted by atomic mass is 16.2. The van der Waals surface area contributed by atoms with Gasteiger partial charge in [-0.3, -0.25) is 4.79 Å². The molecule has 1 saturated heterocycles. The Labute approximate surface area is 114 Å². The quantitative estimate of drug-likeness (QED) is 0.773. The second-order valence-electron chi connectivity index (χ2n) is 5.34. The Kier molecular flexibility index (Phi) is 3.80. The van der Waals surface area contributed by atoms with Crippen LogP contribution in [0.15, 0.2) is 24.3 Å². The number of fused-ring (bicyclic) bond motifs is 1. The molecule has 0 bridgehead atoms. The minimum Gasteiger partial charge on any atom is -0.340 e. The Bertz CT molecular complexity index is 452. The van der Waals surface area contributed by atoms with Crippen LogP contribution in [-0.2, 0) is 17.8 Å². The number of nitrogens with one attached hydrogen (secondary N) is 2. The number of carbonyl (C=O) groups is 1. The van der Waals surface area contributed by atoms with Gasteiger partial charge in [0.2, 0.25) is 5.91 Å². The Balaban J connectivity index is 1.68. The van der Waals surface area contributed by atoms with E-state index >= 15 is 0 Å². The smallest absolute Gasteiger partial charge is 0.240 e. The van der Waals surface area contributed by atoms with Gasteiger partial charge in [-0.1, -0.05) is 24.3 Å². The highest BCUT2D eigenvalue weighted by molar-refractivity contribution is 5.82. The van der Waals surface area contributed by atoms with Crippen LogP contribution >= 0.6 is 0 Å². The molecule has 1 aromatic carbocycles. The van der Waals surface area contributed by atoms with Gasteiger partial charge in [0.25, 0.3) is 0 Å². The third-order valence-corrected chi connectivity index (χ3v) is 4.03. The van der Waals surface area contributed by atoms with Crippen LogP contribution in [0, 0.1) is 0 Å². The zero-order valence-electron chi connectivity index (χ0n) is 11.2. The van der Waals surface area contributed by atoms with Crippen LogP contribution in [0.4, 0.5) is 0 Å². The average molecular weight is 259 g/mol. The third kappa shape index (κ3) is 2.80. The molecule has 3 rings (SSSR count). The van der Waals surface area contributed by atoms with Gasteiger partial charge in [0.1, 0.15) is 0 Å². The maximum Gasteiger partial charge on any atom is 0.240 e. The summed E-state index contributed by atoms with van der Waals surface area (Å²) in [6.07, 6.45) is 1.87. The molecule has 1 atom stereocenters. The van der Waals surface area contributed by atoms with E-state index in [0.29, 0.717) is 0 Å². The fourth-order valence-corrected chi connectivity index (χ4v) is 2.92. The van der Waals surface area contributed by atoms with Crippen molar-refractivity contribution in [3.8, 4) is 0 Å². The normalized spacial score (nSPS) is 23.6. The first-order valence-corrected chi connectivity index (χ1v) is 7.14. The van der Waals surface area contributed by atoms with Crippen molar-refractivity contribution in [2.75, 3.05) is 26.2 Å². The van der Waals surface area contributed by atoms with Crippen molar-refractivity contribution in [2.24, 2.45) is 0 Å². The van der Waals surface area contributed by atoms with Gasteiger partial charge in [-0.15, -0.1) is 0 Å². The molecular weight excluding hydrogens is 238 g/mol. The summed E-state index contributed by atoms with van der Waals surface area (Å²) >= 11 is 0. The Morgan fingerprint density at radius 3 is 2.89 bits per heavy atom. The van der Waals surface area contributed by atoms with E-state index in [9.17, 15) is 4.79 Å². The predicted octanol–water partition coefficient (Wildman–Crippen LogP) is 0.523. The van der Waals surface area contributed by atoms with E-state index in [1.54, 1.807) is 0 Å². The van der Waals surface area contributed by atoms with Crippen molar-refractivity contribution in [1.29, 1.82) is 0 Å². The lowest BCUT2D eigenvalue weighted by molar-refractivity contribution is -0.133. The van der Waals surface area contributed by atoms with E-state index in [0.717, 1.165) is 45.6 Å². The van der Waals surface area contributed by atoms with E-state index in [1.807, 2.05) is 4.90 Å². The molecule has 102 valence electrons. The molecule has 0 radical (unpaired) electrons. The molecule has 0 spiro atoms. The Morgan fingerprint density at radius 1 is 1.16 bits per heavy atom. The summed E-state index contributed by atoms with van der Waals surface area (Å²) in [7, 11) is 0. The molecule has 0 saturated carbocycles. The second kappa shape index (κ2) is 5.72. The monoisotopic (exact) mass is 259 g/mol. The van der Waals surface area contributed by atoms with Crippen molar-refractivity contribution >= 4 is 5.91 Å². The van der Waals surface area contributed by atoms with Crippen LogP contribution < -0.4 is 10.6 Å². The van der Waals surface area contributed by atoms with Gasteiger partial charge >= 0.3 is 0 Å². The number of hydrogen-bond donors (Lipinski definition) is 2. The van der Waals surface area contributed by atoms with Crippen LogP contribution in [0.25, 0.3) is 0 Å². The minimum atomic E-state index is -0.0481. The molecule has 1 fully saturated rings. The molecule has 2 aliphatic heterocycles. The molecule has 4 nitrogen and oxygen atoms in total. The average Bonchev–Trinajstić information content (AvgIpc) is 2.75. The lowest BCUT2D eigenvalue weighted by Gasteiger charge is -2.30. The van der Waals surface area contributed by atoms with E-state index in [4.69, 9.17) is 0 Å². The molecule has 2 N–H and O–H groups in total. The van der Waals surface area contributed by atoms with Gasteiger partial charge < -0.3 is 15.5 Å². The molecule has 19 heavy (non-hydrogen) atoms. The van der Waals surface area contributed by atoms with E-state index in [1.165, 1.54) is 11.1 Å². The molecule has 2 aliphatic rings. The lowest BCUT2D eigenvalue weighted by atomic mass is 9.95. The number of rotatable bonds is 1. The first kappa shape index (κ1) is 12.6. The highest BCUT2D eigenvalue weighted by Crippen LogP contribution is 2.17. The van der Waals surface area contributed by atoms with Crippen LogP contribution in [0.5, 0.6) is 0 Å².